The number of nitrogens with zero attached hydrogens (tertiary/aromatic N) is 2. The van der Waals surface area contributed by atoms with Gasteiger partial charge in [-0.3, -0.25) is 0 Å². The summed E-state index contributed by atoms with van der Waals surface area (Å²) in [4.78, 5) is 15.1. The summed E-state index contributed by atoms with van der Waals surface area (Å²) in [7, 11) is 1.29. The van der Waals surface area contributed by atoms with Crippen molar-refractivity contribution in [2.45, 2.75) is 0 Å². The average molecular weight is 188 g/mol. The van der Waals surface area contributed by atoms with Gasteiger partial charge in [-0.25, -0.2) is 9.78 Å². The summed E-state index contributed by atoms with van der Waals surface area (Å²) in [5.41, 5.74) is 0.780. The van der Waals surface area contributed by atoms with Crippen molar-refractivity contribution >= 4 is 12.0 Å². The molecule has 1 rings (SSSR count). The molecule has 4 nitrogen and oxygen atoms in total. The first-order valence-electron chi connectivity index (χ1n) is 3.89. The highest BCUT2D eigenvalue weighted by molar-refractivity contribution is 5.91. The van der Waals surface area contributed by atoms with Gasteiger partial charge in [0, 0.05) is 17.8 Å². The van der Waals surface area contributed by atoms with E-state index in [2.05, 4.69) is 9.72 Å². The third-order valence-electron chi connectivity index (χ3n) is 1.56. The molecule has 70 valence electrons. The van der Waals surface area contributed by atoms with Crippen molar-refractivity contribution in [3.05, 3.63) is 35.7 Å². The minimum atomic E-state index is -0.511. The van der Waals surface area contributed by atoms with Gasteiger partial charge in [-0.2, -0.15) is 5.26 Å². The normalized spacial score (nSPS) is 9.71. The molecule has 0 N–H and O–H groups in total. The standard InChI is InChI=1S/C10H8N2O2/c1-14-10(13)9-8(4-2-6-11)5-3-7-12-9/h2-5,7H,1H3. The Labute approximate surface area is 81.5 Å². The quantitative estimate of drug-likeness (QED) is 0.520. The second-order valence-corrected chi connectivity index (χ2v) is 2.40. The first-order valence-corrected chi connectivity index (χ1v) is 3.89. The van der Waals surface area contributed by atoms with Crippen molar-refractivity contribution in [3.63, 3.8) is 0 Å². The van der Waals surface area contributed by atoms with E-state index in [-0.39, 0.29) is 5.69 Å². The lowest BCUT2D eigenvalue weighted by molar-refractivity contribution is 0.0594. The van der Waals surface area contributed by atoms with Gasteiger partial charge >= 0.3 is 5.97 Å². The van der Waals surface area contributed by atoms with Gasteiger partial charge in [-0.1, -0.05) is 6.07 Å². The number of hydrogen-bond donors (Lipinski definition) is 0. The lowest BCUT2D eigenvalue weighted by Crippen LogP contribution is -2.05. The summed E-state index contributed by atoms with van der Waals surface area (Å²) in [5, 5.41) is 8.34. The van der Waals surface area contributed by atoms with E-state index in [0.717, 1.165) is 0 Å². The fourth-order valence-electron chi connectivity index (χ4n) is 0.947. The lowest BCUT2D eigenvalue weighted by Gasteiger charge is -2.00. The van der Waals surface area contributed by atoms with Crippen molar-refractivity contribution < 1.29 is 9.53 Å². The maximum Gasteiger partial charge on any atom is 0.357 e. The van der Waals surface area contributed by atoms with Gasteiger partial charge in [0.2, 0.25) is 0 Å². The third kappa shape index (κ3) is 2.17. The summed E-state index contributed by atoms with van der Waals surface area (Å²) >= 11 is 0. The molecule has 0 aliphatic rings. The Morgan fingerprint density at radius 1 is 1.71 bits per heavy atom. The monoisotopic (exact) mass is 188 g/mol. The Balaban J connectivity index is 3.10. The summed E-state index contributed by atoms with van der Waals surface area (Å²) in [6.45, 7) is 0. The fraction of sp³-hybridized carbons (Fsp3) is 0.100. The van der Waals surface area contributed by atoms with Gasteiger partial charge in [0.1, 0.15) is 0 Å². The molecule has 4 heteroatoms. The third-order valence-corrected chi connectivity index (χ3v) is 1.56. The number of esters is 1. The highest BCUT2D eigenvalue weighted by Gasteiger charge is 2.10. The number of pyridine rings is 1. The molecule has 0 fully saturated rings. The zero-order valence-electron chi connectivity index (χ0n) is 7.60. The van der Waals surface area contributed by atoms with E-state index < -0.39 is 5.97 Å². The van der Waals surface area contributed by atoms with Crippen LogP contribution < -0.4 is 0 Å². The Kier molecular flexibility index (Phi) is 3.39. The molecule has 14 heavy (non-hydrogen) atoms. The van der Waals surface area contributed by atoms with Crippen LogP contribution in [0.25, 0.3) is 6.08 Å². The largest absolute Gasteiger partial charge is 0.464 e. The average Bonchev–Trinajstić information content (AvgIpc) is 2.25. The van der Waals surface area contributed by atoms with Crippen LogP contribution in [0.4, 0.5) is 0 Å². The van der Waals surface area contributed by atoms with Crippen molar-refractivity contribution in [1.82, 2.24) is 4.98 Å². The molecule has 0 amide bonds. The van der Waals surface area contributed by atoms with E-state index in [1.54, 1.807) is 12.1 Å². The van der Waals surface area contributed by atoms with E-state index in [1.807, 2.05) is 6.07 Å². The summed E-state index contributed by atoms with van der Waals surface area (Å²) in [6.07, 6.45) is 4.29. The number of allylic oxidation sites excluding steroid dienone is 1. The second-order valence-electron chi connectivity index (χ2n) is 2.40. The molecule has 0 saturated heterocycles. The molecule has 1 aromatic rings. The van der Waals surface area contributed by atoms with Gasteiger partial charge < -0.3 is 4.74 Å². The van der Waals surface area contributed by atoms with Crippen LogP contribution in [0.5, 0.6) is 0 Å². The summed E-state index contributed by atoms with van der Waals surface area (Å²) in [5.74, 6) is -0.511. The maximum absolute atomic E-state index is 11.2. The van der Waals surface area contributed by atoms with Gasteiger partial charge in [0.15, 0.2) is 5.69 Å². The van der Waals surface area contributed by atoms with Crippen molar-refractivity contribution in [3.8, 4) is 6.07 Å². The van der Waals surface area contributed by atoms with Crippen LogP contribution in [0.15, 0.2) is 24.4 Å². The van der Waals surface area contributed by atoms with E-state index in [0.29, 0.717) is 5.56 Å². The van der Waals surface area contributed by atoms with Crippen LogP contribution in [-0.2, 0) is 4.74 Å². The minimum Gasteiger partial charge on any atom is -0.464 e. The van der Waals surface area contributed by atoms with Crippen molar-refractivity contribution in [1.29, 1.82) is 5.26 Å². The fourth-order valence-corrected chi connectivity index (χ4v) is 0.947. The summed E-state index contributed by atoms with van der Waals surface area (Å²) in [6, 6.07) is 5.21. The number of methoxy groups -OCH3 is 1. The molecular formula is C10H8N2O2. The highest BCUT2D eigenvalue weighted by atomic mass is 16.5. The molecule has 0 aliphatic carbocycles. The highest BCUT2D eigenvalue weighted by Crippen LogP contribution is 2.08. The predicted octanol–water partition coefficient (Wildman–Crippen LogP) is 1.40. The minimum absolute atomic E-state index is 0.210. The van der Waals surface area contributed by atoms with Crippen molar-refractivity contribution in [2.75, 3.05) is 7.11 Å². The van der Waals surface area contributed by atoms with E-state index in [4.69, 9.17) is 5.26 Å². The number of hydrogen-bond acceptors (Lipinski definition) is 4. The van der Waals surface area contributed by atoms with Gasteiger partial charge in [0.05, 0.1) is 13.2 Å². The van der Waals surface area contributed by atoms with Gasteiger partial charge in [0.25, 0.3) is 0 Å². The van der Waals surface area contributed by atoms with Crippen molar-refractivity contribution in [2.24, 2.45) is 0 Å². The number of carbonyl (C=O) groups is 1. The number of aromatic nitrogens is 1. The first-order chi connectivity index (χ1) is 6.79. The molecule has 1 heterocycles. The SMILES string of the molecule is COC(=O)c1ncccc1C=CC#N. The lowest BCUT2D eigenvalue weighted by atomic mass is 10.2. The number of ether oxygens (including phenoxy) is 1. The first kappa shape index (κ1) is 9.93. The van der Waals surface area contributed by atoms with Crippen LogP contribution in [0.2, 0.25) is 0 Å². The number of carbonyl (C=O) groups excluding carboxylic acids is 1. The van der Waals surface area contributed by atoms with Crippen LogP contribution in [-0.4, -0.2) is 18.1 Å². The Bertz CT molecular complexity index is 405. The molecule has 0 saturated carbocycles. The maximum atomic E-state index is 11.2. The molecule has 1 aromatic heterocycles. The Hall–Kier alpha value is -2.15. The predicted molar refractivity (Wildman–Crippen MR) is 50.2 cm³/mol. The molecule has 0 spiro atoms. The second kappa shape index (κ2) is 4.77. The number of nitriles is 1. The van der Waals surface area contributed by atoms with E-state index >= 15 is 0 Å². The smallest absolute Gasteiger partial charge is 0.357 e. The molecule has 0 unspecified atom stereocenters. The molecule has 0 aliphatic heterocycles. The van der Waals surface area contributed by atoms with E-state index in [1.165, 1.54) is 25.5 Å². The molecule has 0 atom stereocenters. The zero-order valence-corrected chi connectivity index (χ0v) is 7.60. The Morgan fingerprint density at radius 3 is 3.14 bits per heavy atom. The Morgan fingerprint density at radius 2 is 2.50 bits per heavy atom. The van der Waals surface area contributed by atoms with Gasteiger partial charge in [-0.05, 0) is 12.1 Å². The molecule has 0 radical (unpaired) electrons. The van der Waals surface area contributed by atoms with Crippen LogP contribution in [0.3, 0.4) is 0 Å². The topological polar surface area (TPSA) is 63.0 Å². The van der Waals surface area contributed by atoms with Crippen LogP contribution in [0, 0.1) is 11.3 Å². The molecular weight excluding hydrogens is 180 g/mol. The van der Waals surface area contributed by atoms with Crippen LogP contribution in [0.1, 0.15) is 16.1 Å². The van der Waals surface area contributed by atoms with Crippen LogP contribution >= 0.6 is 0 Å². The molecule has 0 aromatic carbocycles. The van der Waals surface area contributed by atoms with E-state index in [9.17, 15) is 4.79 Å². The summed E-state index contributed by atoms with van der Waals surface area (Å²) < 4.78 is 4.54. The van der Waals surface area contributed by atoms with Gasteiger partial charge in [-0.15, -0.1) is 0 Å². The number of rotatable bonds is 2. The molecule has 0 bridgehead atoms. The zero-order chi connectivity index (χ0) is 10.4.